The Kier molecular flexibility index (Phi) is 4.24. The van der Waals surface area contributed by atoms with Gasteiger partial charge in [-0.3, -0.25) is 4.79 Å². The van der Waals surface area contributed by atoms with Crippen LogP contribution in [0.5, 0.6) is 0 Å². The van der Waals surface area contributed by atoms with Gasteiger partial charge in [-0.25, -0.2) is 0 Å². The fourth-order valence-corrected chi connectivity index (χ4v) is 3.29. The number of nitrogens with zero attached hydrogens (tertiary/aromatic N) is 4. The molecule has 6 heteroatoms. The van der Waals surface area contributed by atoms with E-state index in [-0.39, 0.29) is 18.5 Å². The van der Waals surface area contributed by atoms with Crippen LogP contribution in [-0.2, 0) is 17.8 Å². The van der Waals surface area contributed by atoms with Crippen molar-refractivity contribution in [3.05, 3.63) is 65.7 Å². The van der Waals surface area contributed by atoms with Gasteiger partial charge in [0, 0.05) is 5.56 Å². The smallest absolute Gasteiger partial charge is 0.244 e. The lowest BCUT2D eigenvalue weighted by molar-refractivity contribution is -0.122. The van der Waals surface area contributed by atoms with E-state index in [4.69, 9.17) is 0 Å². The normalized spacial score (nSPS) is 16.2. The highest BCUT2D eigenvalue weighted by molar-refractivity contribution is 5.76. The Balaban J connectivity index is 1.43. The zero-order valence-electron chi connectivity index (χ0n) is 13.8. The van der Waals surface area contributed by atoms with Crippen molar-refractivity contribution in [1.82, 2.24) is 25.5 Å². The van der Waals surface area contributed by atoms with Crippen LogP contribution in [0.3, 0.4) is 0 Å². The Hall–Kier alpha value is -3.02. The van der Waals surface area contributed by atoms with Gasteiger partial charge >= 0.3 is 0 Å². The fourth-order valence-electron chi connectivity index (χ4n) is 3.29. The number of aromatic nitrogens is 4. The molecule has 1 aliphatic carbocycles. The molecule has 0 bridgehead atoms. The molecule has 1 N–H and O–H groups in total. The van der Waals surface area contributed by atoms with E-state index in [0.29, 0.717) is 5.82 Å². The van der Waals surface area contributed by atoms with Gasteiger partial charge < -0.3 is 5.32 Å². The number of carbonyl (C=O) groups excluding carboxylic acids is 1. The largest absolute Gasteiger partial charge is 0.348 e. The molecular formula is C19H19N5O. The van der Waals surface area contributed by atoms with Gasteiger partial charge in [-0.1, -0.05) is 54.6 Å². The lowest BCUT2D eigenvalue weighted by Gasteiger charge is -2.26. The van der Waals surface area contributed by atoms with E-state index in [9.17, 15) is 4.79 Å². The van der Waals surface area contributed by atoms with E-state index in [1.165, 1.54) is 15.9 Å². The Morgan fingerprint density at radius 3 is 2.80 bits per heavy atom. The monoisotopic (exact) mass is 333 g/mol. The van der Waals surface area contributed by atoms with Gasteiger partial charge in [0.15, 0.2) is 0 Å². The molecule has 0 spiro atoms. The van der Waals surface area contributed by atoms with E-state index in [1.54, 1.807) is 0 Å². The van der Waals surface area contributed by atoms with Crippen LogP contribution in [0.15, 0.2) is 54.6 Å². The average Bonchev–Trinajstić information content (AvgIpc) is 3.11. The minimum absolute atomic E-state index is 0.0644. The van der Waals surface area contributed by atoms with E-state index >= 15 is 0 Å². The summed E-state index contributed by atoms with van der Waals surface area (Å²) in [7, 11) is 0. The number of aryl methyl sites for hydroxylation is 1. The first-order chi connectivity index (χ1) is 12.3. The molecule has 126 valence electrons. The van der Waals surface area contributed by atoms with Crippen LogP contribution < -0.4 is 5.32 Å². The Morgan fingerprint density at radius 2 is 1.92 bits per heavy atom. The lowest BCUT2D eigenvalue weighted by Crippen LogP contribution is -2.34. The number of hydrogen-bond donors (Lipinski definition) is 1. The zero-order chi connectivity index (χ0) is 17.1. The van der Waals surface area contributed by atoms with Crippen molar-refractivity contribution in [3.8, 4) is 11.4 Å². The third-order valence-corrected chi connectivity index (χ3v) is 4.47. The number of rotatable bonds is 4. The summed E-state index contributed by atoms with van der Waals surface area (Å²) in [5.41, 5.74) is 3.43. The summed E-state index contributed by atoms with van der Waals surface area (Å²) in [5, 5.41) is 15.4. The summed E-state index contributed by atoms with van der Waals surface area (Å²) < 4.78 is 0. The highest BCUT2D eigenvalue weighted by Gasteiger charge is 2.21. The van der Waals surface area contributed by atoms with Crippen LogP contribution in [0.2, 0.25) is 0 Å². The van der Waals surface area contributed by atoms with Crippen molar-refractivity contribution < 1.29 is 4.79 Å². The van der Waals surface area contributed by atoms with E-state index in [2.05, 4.69) is 32.9 Å². The number of hydrogen-bond acceptors (Lipinski definition) is 4. The van der Waals surface area contributed by atoms with Crippen LogP contribution in [0.25, 0.3) is 11.4 Å². The van der Waals surface area contributed by atoms with Gasteiger partial charge in [-0.05, 0) is 35.6 Å². The minimum atomic E-state index is -0.0984. The highest BCUT2D eigenvalue weighted by Crippen LogP contribution is 2.29. The maximum Gasteiger partial charge on any atom is 0.244 e. The average molecular weight is 333 g/mol. The zero-order valence-corrected chi connectivity index (χ0v) is 13.8. The number of tetrazole rings is 1. The molecular weight excluding hydrogens is 314 g/mol. The first kappa shape index (κ1) is 15.5. The Bertz CT molecular complexity index is 874. The SMILES string of the molecule is O=C(Cn1nnc(-c2ccccc2)n1)NC1CCCc2ccccc21. The number of nitrogens with one attached hydrogen (secondary N) is 1. The summed E-state index contributed by atoms with van der Waals surface area (Å²) in [6, 6.07) is 18.0. The first-order valence-corrected chi connectivity index (χ1v) is 8.50. The van der Waals surface area contributed by atoms with Crippen molar-refractivity contribution in [1.29, 1.82) is 0 Å². The van der Waals surface area contributed by atoms with Crippen molar-refractivity contribution >= 4 is 5.91 Å². The molecule has 0 aliphatic heterocycles. The van der Waals surface area contributed by atoms with Crippen LogP contribution in [0.1, 0.15) is 30.0 Å². The Labute approximate surface area is 145 Å². The molecule has 0 saturated heterocycles. The number of amides is 1. The maximum atomic E-state index is 12.4. The predicted octanol–water partition coefficient (Wildman–Crippen LogP) is 2.53. The van der Waals surface area contributed by atoms with Crippen molar-refractivity contribution in [3.63, 3.8) is 0 Å². The topological polar surface area (TPSA) is 72.7 Å². The summed E-state index contributed by atoms with van der Waals surface area (Å²) >= 11 is 0. The van der Waals surface area contributed by atoms with E-state index in [1.807, 2.05) is 42.5 Å². The van der Waals surface area contributed by atoms with Crippen molar-refractivity contribution in [2.75, 3.05) is 0 Å². The van der Waals surface area contributed by atoms with Gasteiger partial charge in [-0.2, -0.15) is 4.80 Å². The van der Waals surface area contributed by atoms with E-state index in [0.717, 1.165) is 24.8 Å². The maximum absolute atomic E-state index is 12.4. The molecule has 2 aromatic carbocycles. The van der Waals surface area contributed by atoms with Gasteiger partial charge in [-0.15, -0.1) is 10.2 Å². The second-order valence-electron chi connectivity index (χ2n) is 6.22. The molecule has 4 rings (SSSR count). The summed E-state index contributed by atoms with van der Waals surface area (Å²) in [5.74, 6) is 0.426. The second kappa shape index (κ2) is 6.84. The molecule has 1 heterocycles. The molecule has 0 fully saturated rings. The minimum Gasteiger partial charge on any atom is -0.348 e. The van der Waals surface area contributed by atoms with Crippen molar-refractivity contribution in [2.24, 2.45) is 0 Å². The Morgan fingerprint density at radius 1 is 1.12 bits per heavy atom. The standard InChI is InChI=1S/C19H19N5O/c25-18(20-17-12-6-10-14-7-4-5-11-16(14)17)13-24-22-19(21-23-24)15-8-2-1-3-9-15/h1-5,7-9,11,17H,6,10,12-13H2,(H,20,25). The van der Waals surface area contributed by atoms with E-state index < -0.39 is 0 Å². The molecule has 1 aromatic heterocycles. The molecule has 6 nitrogen and oxygen atoms in total. The van der Waals surface area contributed by atoms with Gasteiger partial charge in [0.1, 0.15) is 6.54 Å². The molecule has 3 aromatic rings. The second-order valence-corrected chi connectivity index (χ2v) is 6.22. The summed E-state index contributed by atoms with van der Waals surface area (Å²) in [6.07, 6.45) is 3.12. The molecule has 1 atom stereocenters. The first-order valence-electron chi connectivity index (χ1n) is 8.50. The third kappa shape index (κ3) is 3.42. The predicted molar refractivity (Wildman–Crippen MR) is 93.5 cm³/mol. The van der Waals surface area contributed by atoms with Crippen LogP contribution in [-0.4, -0.2) is 26.1 Å². The quantitative estimate of drug-likeness (QED) is 0.796. The number of fused-ring (bicyclic) bond motifs is 1. The molecule has 1 amide bonds. The molecule has 1 unspecified atom stereocenters. The third-order valence-electron chi connectivity index (χ3n) is 4.47. The van der Waals surface area contributed by atoms with Crippen molar-refractivity contribution in [2.45, 2.75) is 31.8 Å². The number of carbonyl (C=O) groups is 1. The summed E-state index contributed by atoms with van der Waals surface area (Å²) in [4.78, 5) is 13.7. The summed E-state index contributed by atoms with van der Waals surface area (Å²) in [6.45, 7) is 0.0680. The van der Waals surface area contributed by atoms with Gasteiger partial charge in [0.05, 0.1) is 6.04 Å². The molecule has 1 aliphatic rings. The molecule has 0 radical (unpaired) electrons. The fraction of sp³-hybridized carbons (Fsp3) is 0.263. The lowest BCUT2D eigenvalue weighted by atomic mass is 9.88. The van der Waals surface area contributed by atoms with Gasteiger partial charge in [0.2, 0.25) is 11.7 Å². The number of benzene rings is 2. The van der Waals surface area contributed by atoms with Gasteiger partial charge in [0.25, 0.3) is 0 Å². The van der Waals surface area contributed by atoms with Crippen LogP contribution >= 0.6 is 0 Å². The molecule has 0 saturated carbocycles. The highest BCUT2D eigenvalue weighted by atomic mass is 16.2. The van der Waals surface area contributed by atoms with Crippen LogP contribution in [0, 0.1) is 0 Å². The molecule has 25 heavy (non-hydrogen) atoms. The van der Waals surface area contributed by atoms with Crippen LogP contribution in [0.4, 0.5) is 0 Å².